The lowest BCUT2D eigenvalue weighted by molar-refractivity contribution is 0.155. The predicted octanol–water partition coefficient (Wildman–Crippen LogP) is 4.82. The van der Waals surface area contributed by atoms with Crippen molar-refractivity contribution >= 4 is 26.0 Å². The van der Waals surface area contributed by atoms with Gasteiger partial charge in [-0.1, -0.05) is 64.5 Å². The molecule has 0 bridgehead atoms. The topological polar surface area (TPSA) is 40.6 Å². The summed E-state index contributed by atoms with van der Waals surface area (Å²) in [6, 6.07) is 21.1. The van der Waals surface area contributed by atoms with Gasteiger partial charge >= 0.3 is 0 Å². The van der Waals surface area contributed by atoms with Crippen LogP contribution < -0.4 is 0 Å². The molecule has 4 nitrogen and oxygen atoms in total. The SMILES string of the molecule is O=S(=O)(c1c(F)cccc1F)N1CCN([C@H](c2ccccc2)c2ccc(Br)cc2)CC1. The van der Waals surface area contributed by atoms with Crippen molar-refractivity contribution < 1.29 is 17.2 Å². The zero-order valence-electron chi connectivity index (χ0n) is 16.6. The molecule has 0 radical (unpaired) electrons. The summed E-state index contributed by atoms with van der Waals surface area (Å²) in [5, 5.41) is 0. The zero-order chi connectivity index (χ0) is 22.0. The Bertz CT molecular complexity index is 1130. The average Bonchev–Trinajstić information content (AvgIpc) is 2.76. The van der Waals surface area contributed by atoms with E-state index in [1.54, 1.807) is 0 Å². The molecule has 0 saturated carbocycles. The number of nitrogens with zero attached hydrogens (tertiary/aromatic N) is 2. The van der Waals surface area contributed by atoms with Crippen LogP contribution in [0, 0.1) is 11.6 Å². The molecule has 3 aromatic carbocycles. The van der Waals surface area contributed by atoms with Gasteiger partial charge in [0.15, 0.2) is 4.90 Å². The van der Waals surface area contributed by atoms with Gasteiger partial charge in [0.05, 0.1) is 6.04 Å². The molecule has 4 rings (SSSR count). The zero-order valence-corrected chi connectivity index (χ0v) is 19.0. The molecule has 162 valence electrons. The van der Waals surface area contributed by atoms with Crippen molar-refractivity contribution in [3.63, 3.8) is 0 Å². The van der Waals surface area contributed by atoms with Crippen molar-refractivity contribution in [1.82, 2.24) is 9.21 Å². The van der Waals surface area contributed by atoms with Gasteiger partial charge in [-0.2, -0.15) is 4.31 Å². The van der Waals surface area contributed by atoms with Gasteiger partial charge in [0.25, 0.3) is 0 Å². The second-order valence-electron chi connectivity index (χ2n) is 7.36. The molecular formula is C23H21BrF2N2O2S. The minimum absolute atomic E-state index is 0.0515. The van der Waals surface area contributed by atoms with Crippen LogP contribution in [0.5, 0.6) is 0 Å². The lowest BCUT2D eigenvalue weighted by Gasteiger charge is -2.39. The first-order chi connectivity index (χ1) is 14.9. The fourth-order valence-electron chi connectivity index (χ4n) is 3.95. The molecule has 31 heavy (non-hydrogen) atoms. The maximum absolute atomic E-state index is 14.1. The van der Waals surface area contributed by atoms with Crippen molar-refractivity contribution in [2.45, 2.75) is 10.9 Å². The molecule has 1 saturated heterocycles. The second kappa shape index (κ2) is 9.16. The highest BCUT2D eigenvalue weighted by Crippen LogP contribution is 2.32. The monoisotopic (exact) mass is 506 g/mol. The Morgan fingerprint density at radius 1 is 0.742 bits per heavy atom. The van der Waals surface area contributed by atoms with Gasteiger partial charge in [-0.05, 0) is 35.4 Å². The average molecular weight is 507 g/mol. The largest absolute Gasteiger partial charge is 0.290 e. The van der Waals surface area contributed by atoms with Crippen molar-refractivity contribution in [3.05, 3.63) is 100 Å². The molecule has 3 aromatic rings. The van der Waals surface area contributed by atoms with Crippen LogP contribution in [-0.4, -0.2) is 43.8 Å². The van der Waals surface area contributed by atoms with Crippen LogP contribution in [0.25, 0.3) is 0 Å². The third-order valence-corrected chi connectivity index (χ3v) is 7.94. The molecular weight excluding hydrogens is 486 g/mol. The van der Waals surface area contributed by atoms with E-state index in [9.17, 15) is 17.2 Å². The molecule has 1 heterocycles. The highest BCUT2D eigenvalue weighted by Gasteiger charge is 2.35. The molecule has 0 aromatic heterocycles. The van der Waals surface area contributed by atoms with Crippen LogP contribution in [0.1, 0.15) is 17.2 Å². The Kier molecular flexibility index (Phi) is 6.52. The van der Waals surface area contributed by atoms with E-state index in [4.69, 9.17) is 0 Å². The van der Waals surface area contributed by atoms with Crippen molar-refractivity contribution in [3.8, 4) is 0 Å². The number of piperazine rings is 1. The smallest absolute Gasteiger partial charge is 0.249 e. The fraction of sp³-hybridized carbons (Fsp3) is 0.217. The van der Waals surface area contributed by atoms with E-state index >= 15 is 0 Å². The number of rotatable bonds is 5. The number of benzene rings is 3. The number of sulfonamides is 1. The maximum atomic E-state index is 14.1. The van der Waals surface area contributed by atoms with Crippen LogP contribution in [0.4, 0.5) is 8.78 Å². The third-order valence-electron chi connectivity index (χ3n) is 5.46. The minimum Gasteiger partial charge on any atom is -0.290 e. The molecule has 1 fully saturated rings. The van der Waals surface area contributed by atoms with Gasteiger partial charge in [0.1, 0.15) is 11.6 Å². The van der Waals surface area contributed by atoms with Crippen molar-refractivity contribution in [2.24, 2.45) is 0 Å². The number of hydrogen-bond donors (Lipinski definition) is 0. The van der Waals surface area contributed by atoms with E-state index in [1.807, 2.05) is 54.6 Å². The first-order valence-electron chi connectivity index (χ1n) is 9.86. The van der Waals surface area contributed by atoms with Gasteiger partial charge in [-0.3, -0.25) is 4.90 Å². The summed E-state index contributed by atoms with van der Waals surface area (Å²) in [4.78, 5) is 1.32. The maximum Gasteiger partial charge on any atom is 0.249 e. The van der Waals surface area contributed by atoms with E-state index in [0.717, 1.165) is 38.1 Å². The molecule has 1 atom stereocenters. The normalized spacial score (nSPS) is 16.9. The first-order valence-corrected chi connectivity index (χ1v) is 12.1. The summed E-state index contributed by atoms with van der Waals surface area (Å²) in [6.45, 7) is 1.17. The highest BCUT2D eigenvalue weighted by molar-refractivity contribution is 9.10. The summed E-state index contributed by atoms with van der Waals surface area (Å²) in [5.74, 6) is -2.14. The van der Waals surface area contributed by atoms with Gasteiger partial charge in [-0.15, -0.1) is 0 Å². The molecule has 0 N–H and O–H groups in total. The lowest BCUT2D eigenvalue weighted by atomic mass is 9.96. The minimum atomic E-state index is -4.26. The van der Waals surface area contributed by atoms with E-state index in [0.29, 0.717) is 13.1 Å². The Morgan fingerprint density at radius 3 is 1.87 bits per heavy atom. The molecule has 1 aliphatic heterocycles. The number of halogens is 3. The standard InChI is InChI=1S/C23H21BrF2N2O2S/c24-19-11-9-18(10-12-19)22(17-5-2-1-3-6-17)27-13-15-28(16-14-27)31(29,30)23-20(25)7-4-8-21(23)26/h1-12,22H,13-16H2/t22-/m1/s1. The van der Waals surface area contributed by atoms with E-state index in [2.05, 4.69) is 20.8 Å². The lowest BCUT2D eigenvalue weighted by Crippen LogP contribution is -2.50. The summed E-state index contributed by atoms with van der Waals surface area (Å²) < 4.78 is 56.2. The Balaban J connectivity index is 1.59. The number of hydrogen-bond acceptors (Lipinski definition) is 3. The quantitative estimate of drug-likeness (QED) is 0.497. The van der Waals surface area contributed by atoms with Crippen molar-refractivity contribution in [2.75, 3.05) is 26.2 Å². The molecule has 0 aliphatic carbocycles. The van der Waals surface area contributed by atoms with Gasteiger partial charge in [0, 0.05) is 30.7 Å². The third kappa shape index (κ3) is 4.57. The fourth-order valence-corrected chi connectivity index (χ4v) is 5.75. The van der Waals surface area contributed by atoms with E-state index in [1.165, 1.54) is 0 Å². The molecule has 0 amide bonds. The van der Waals surface area contributed by atoms with E-state index < -0.39 is 26.6 Å². The van der Waals surface area contributed by atoms with Gasteiger partial charge in [0.2, 0.25) is 10.0 Å². The van der Waals surface area contributed by atoms with Crippen LogP contribution in [-0.2, 0) is 10.0 Å². The summed E-state index contributed by atoms with van der Waals surface area (Å²) in [7, 11) is -4.26. The van der Waals surface area contributed by atoms with E-state index in [-0.39, 0.29) is 19.1 Å². The molecule has 1 aliphatic rings. The molecule has 0 spiro atoms. The summed E-state index contributed by atoms with van der Waals surface area (Å²) in [5.41, 5.74) is 2.19. The second-order valence-corrected chi connectivity index (χ2v) is 10.1. The Hall–Kier alpha value is -2.13. The Labute approximate surface area is 189 Å². The molecule has 8 heteroatoms. The Morgan fingerprint density at radius 2 is 1.29 bits per heavy atom. The van der Waals surface area contributed by atoms with Crippen molar-refractivity contribution in [1.29, 1.82) is 0 Å². The van der Waals surface area contributed by atoms with Crippen LogP contribution in [0.3, 0.4) is 0 Å². The van der Waals surface area contributed by atoms with Crippen LogP contribution >= 0.6 is 15.9 Å². The van der Waals surface area contributed by atoms with Crippen LogP contribution in [0.15, 0.2) is 82.2 Å². The summed E-state index contributed by atoms with van der Waals surface area (Å²) >= 11 is 3.46. The summed E-state index contributed by atoms with van der Waals surface area (Å²) in [6.07, 6.45) is 0. The van der Waals surface area contributed by atoms with Gasteiger partial charge < -0.3 is 0 Å². The molecule has 0 unspecified atom stereocenters. The predicted molar refractivity (Wildman–Crippen MR) is 119 cm³/mol. The first kappa shape index (κ1) is 22.1. The van der Waals surface area contributed by atoms with Crippen LogP contribution in [0.2, 0.25) is 0 Å². The highest BCUT2D eigenvalue weighted by atomic mass is 79.9. The van der Waals surface area contributed by atoms with Gasteiger partial charge in [-0.25, -0.2) is 17.2 Å².